The van der Waals surface area contributed by atoms with E-state index in [0.29, 0.717) is 40.5 Å². The quantitative estimate of drug-likeness (QED) is 0.824. The molecule has 1 amide bonds. The number of nitrogens with one attached hydrogen (secondary N) is 1. The third-order valence-corrected chi connectivity index (χ3v) is 4.50. The van der Waals surface area contributed by atoms with Gasteiger partial charge in [0.1, 0.15) is 19.0 Å². The van der Waals surface area contributed by atoms with E-state index in [1.807, 2.05) is 32.0 Å². The molecule has 3 rings (SSSR count). The maximum absolute atomic E-state index is 12.3. The average Bonchev–Trinajstić information content (AvgIpc) is 2.60. The van der Waals surface area contributed by atoms with Crippen LogP contribution in [-0.4, -0.2) is 25.7 Å². The lowest BCUT2D eigenvalue weighted by Gasteiger charge is -2.28. The van der Waals surface area contributed by atoms with Crippen molar-refractivity contribution in [2.45, 2.75) is 19.4 Å². The molecule has 0 bridgehead atoms. The summed E-state index contributed by atoms with van der Waals surface area (Å²) >= 11 is 11.9. The fourth-order valence-corrected chi connectivity index (χ4v) is 3.09. The highest BCUT2D eigenvalue weighted by atomic mass is 35.5. The van der Waals surface area contributed by atoms with Gasteiger partial charge in [0.2, 0.25) is 0 Å². The average molecular weight is 396 g/mol. The minimum Gasteiger partial charge on any atom is -0.486 e. The van der Waals surface area contributed by atoms with Gasteiger partial charge in [-0.15, -0.1) is 0 Å². The Morgan fingerprint density at radius 2 is 1.85 bits per heavy atom. The molecule has 2 aromatic carbocycles. The van der Waals surface area contributed by atoms with E-state index in [1.165, 1.54) is 0 Å². The zero-order valence-corrected chi connectivity index (χ0v) is 16.0. The Bertz CT molecular complexity index is 823. The van der Waals surface area contributed by atoms with Gasteiger partial charge in [-0.25, -0.2) is 0 Å². The van der Waals surface area contributed by atoms with Crippen LogP contribution in [0, 0.1) is 0 Å². The van der Waals surface area contributed by atoms with E-state index in [1.54, 1.807) is 18.2 Å². The van der Waals surface area contributed by atoms with E-state index in [9.17, 15) is 4.79 Å². The predicted molar refractivity (Wildman–Crippen MR) is 101 cm³/mol. The number of rotatable bonds is 5. The van der Waals surface area contributed by atoms with Crippen molar-refractivity contribution in [1.29, 1.82) is 0 Å². The van der Waals surface area contributed by atoms with Crippen LogP contribution in [0.1, 0.15) is 19.4 Å². The third-order valence-electron chi connectivity index (χ3n) is 3.97. The number of carbonyl (C=O) groups is 1. The minimum atomic E-state index is -0.611. The summed E-state index contributed by atoms with van der Waals surface area (Å²) < 4.78 is 16.6. The summed E-state index contributed by atoms with van der Waals surface area (Å²) in [5, 5.41) is 3.81. The van der Waals surface area contributed by atoms with Gasteiger partial charge in [0.15, 0.2) is 18.1 Å². The van der Waals surface area contributed by atoms with Gasteiger partial charge in [0.05, 0.1) is 10.6 Å². The molecular formula is C19H19Cl2NO4. The number of hydrogen-bond acceptors (Lipinski definition) is 4. The predicted octanol–water partition coefficient (Wildman–Crippen LogP) is 4.19. The van der Waals surface area contributed by atoms with Crippen LogP contribution in [0.25, 0.3) is 0 Å². The van der Waals surface area contributed by atoms with Crippen LogP contribution in [0.15, 0.2) is 36.4 Å². The second-order valence-corrected chi connectivity index (χ2v) is 7.24. The van der Waals surface area contributed by atoms with Crippen molar-refractivity contribution < 1.29 is 19.0 Å². The molecule has 1 N–H and O–H groups in total. The van der Waals surface area contributed by atoms with E-state index in [2.05, 4.69) is 5.32 Å². The van der Waals surface area contributed by atoms with Crippen molar-refractivity contribution in [3.8, 4) is 17.2 Å². The summed E-state index contributed by atoms with van der Waals surface area (Å²) in [5.41, 5.74) is 0.291. The molecule has 1 aliphatic rings. The molecule has 0 fully saturated rings. The van der Waals surface area contributed by atoms with E-state index in [4.69, 9.17) is 37.4 Å². The normalized spacial score (nSPS) is 13.2. The third kappa shape index (κ3) is 4.34. The second-order valence-electron chi connectivity index (χ2n) is 6.40. The zero-order valence-electron chi connectivity index (χ0n) is 14.5. The Morgan fingerprint density at radius 1 is 1.12 bits per heavy atom. The van der Waals surface area contributed by atoms with Crippen molar-refractivity contribution in [2.75, 3.05) is 19.8 Å². The first-order valence-corrected chi connectivity index (χ1v) is 8.90. The molecule has 7 heteroatoms. The van der Waals surface area contributed by atoms with Gasteiger partial charge in [-0.1, -0.05) is 29.3 Å². The molecule has 0 spiro atoms. The maximum Gasteiger partial charge on any atom is 0.258 e. The summed E-state index contributed by atoms with van der Waals surface area (Å²) in [4.78, 5) is 12.3. The van der Waals surface area contributed by atoms with Gasteiger partial charge in [-0.2, -0.15) is 0 Å². The Labute approximate surface area is 162 Å². The van der Waals surface area contributed by atoms with E-state index in [-0.39, 0.29) is 12.5 Å². The second kappa shape index (κ2) is 7.64. The number of hydrogen-bond donors (Lipinski definition) is 1. The number of amides is 1. The van der Waals surface area contributed by atoms with Gasteiger partial charge in [0.25, 0.3) is 5.91 Å². The van der Waals surface area contributed by atoms with Crippen molar-refractivity contribution in [1.82, 2.24) is 5.32 Å². The smallest absolute Gasteiger partial charge is 0.258 e. The Morgan fingerprint density at radius 3 is 2.58 bits per heavy atom. The first-order chi connectivity index (χ1) is 12.3. The Balaban J connectivity index is 1.64. The summed E-state index contributed by atoms with van der Waals surface area (Å²) in [7, 11) is 0. The van der Waals surface area contributed by atoms with Crippen molar-refractivity contribution >= 4 is 29.1 Å². The van der Waals surface area contributed by atoms with Gasteiger partial charge in [-0.3, -0.25) is 4.79 Å². The lowest BCUT2D eigenvalue weighted by molar-refractivity contribution is -0.124. The topological polar surface area (TPSA) is 56.8 Å². The molecule has 5 nitrogen and oxygen atoms in total. The van der Waals surface area contributed by atoms with Crippen LogP contribution in [0.5, 0.6) is 17.2 Å². The number of fused-ring (bicyclic) bond motifs is 1. The molecule has 0 saturated heterocycles. The van der Waals surface area contributed by atoms with E-state index >= 15 is 0 Å². The highest BCUT2D eigenvalue weighted by Gasteiger charge is 2.25. The molecule has 138 valence electrons. The van der Waals surface area contributed by atoms with Crippen molar-refractivity contribution in [2.24, 2.45) is 0 Å². The van der Waals surface area contributed by atoms with Gasteiger partial charge in [0, 0.05) is 5.02 Å². The molecule has 0 aromatic heterocycles. The fourth-order valence-electron chi connectivity index (χ4n) is 2.62. The van der Waals surface area contributed by atoms with Gasteiger partial charge < -0.3 is 19.5 Å². The van der Waals surface area contributed by atoms with Crippen LogP contribution in [0.2, 0.25) is 10.0 Å². The summed E-state index contributed by atoms with van der Waals surface area (Å²) in [6, 6.07) is 10.5. The monoisotopic (exact) mass is 395 g/mol. The van der Waals surface area contributed by atoms with Crippen molar-refractivity contribution in [3.63, 3.8) is 0 Å². The van der Waals surface area contributed by atoms with Crippen LogP contribution in [-0.2, 0) is 10.3 Å². The van der Waals surface area contributed by atoms with Crippen LogP contribution >= 0.6 is 23.2 Å². The maximum atomic E-state index is 12.3. The number of ether oxygens (including phenoxy) is 3. The SMILES string of the molecule is CC(C)(NC(=O)COc1ccc(Cl)cc1Cl)c1ccc2c(c1)OCCO2. The highest BCUT2D eigenvalue weighted by molar-refractivity contribution is 6.35. The minimum absolute atomic E-state index is 0.157. The first-order valence-electron chi connectivity index (χ1n) is 8.14. The lowest BCUT2D eigenvalue weighted by atomic mass is 9.93. The molecule has 1 aliphatic heterocycles. The zero-order chi connectivity index (χ0) is 18.7. The molecule has 1 heterocycles. The number of carbonyl (C=O) groups excluding carboxylic acids is 1. The van der Waals surface area contributed by atoms with Crippen molar-refractivity contribution in [3.05, 3.63) is 52.0 Å². The highest BCUT2D eigenvalue weighted by Crippen LogP contribution is 2.34. The van der Waals surface area contributed by atoms with Gasteiger partial charge >= 0.3 is 0 Å². The molecular weight excluding hydrogens is 377 g/mol. The van der Waals surface area contributed by atoms with Crippen LogP contribution in [0.4, 0.5) is 0 Å². The molecule has 0 aliphatic carbocycles. The molecule has 26 heavy (non-hydrogen) atoms. The first kappa shape index (κ1) is 18.7. The Kier molecular flexibility index (Phi) is 5.49. The number of benzene rings is 2. The fraction of sp³-hybridized carbons (Fsp3) is 0.316. The molecule has 0 radical (unpaired) electrons. The van der Waals surface area contributed by atoms with E-state index in [0.717, 1.165) is 5.56 Å². The summed E-state index contributed by atoms with van der Waals surface area (Å²) in [6.07, 6.45) is 0. The number of halogens is 2. The molecule has 0 unspecified atom stereocenters. The van der Waals surface area contributed by atoms with Crippen LogP contribution < -0.4 is 19.5 Å². The summed E-state index contributed by atoms with van der Waals surface area (Å²) in [6.45, 7) is 4.71. The van der Waals surface area contributed by atoms with Gasteiger partial charge in [-0.05, 0) is 49.7 Å². The van der Waals surface area contributed by atoms with E-state index < -0.39 is 5.54 Å². The Hall–Kier alpha value is -2.11. The standard InChI is InChI=1S/C19H19Cl2NO4/c1-19(2,12-3-5-16-17(9-12)25-8-7-24-16)22-18(23)11-26-15-6-4-13(20)10-14(15)21/h3-6,9-10H,7-8,11H2,1-2H3,(H,22,23). The lowest BCUT2D eigenvalue weighted by Crippen LogP contribution is -2.43. The largest absolute Gasteiger partial charge is 0.486 e. The van der Waals surface area contributed by atoms with Crippen LogP contribution in [0.3, 0.4) is 0 Å². The summed E-state index contributed by atoms with van der Waals surface area (Å²) in [5.74, 6) is 1.53. The molecule has 2 aromatic rings. The molecule has 0 saturated carbocycles. The molecule has 0 atom stereocenters.